The van der Waals surface area contributed by atoms with Crippen molar-refractivity contribution in [3.8, 4) is 0 Å². The third-order valence-corrected chi connectivity index (χ3v) is 4.14. The number of methoxy groups -OCH3 is 1. The molecule has 6 nitrogen and oxygen atoms in total. The molecule has 0 spiro atoms. The van der Waals surface area contributed by atoms with Crippen LogP contribution < -0.4 is 0 Å². The van der Waals surface area contributed by atoms with Gasteiger partial charge in [-0.05, 0) is 12.1 Å². The number of piperidine rings is 1. The summed E-state index contributed by atoms with van der Waals surface area (Å²) in [6, 6.07) is 6.02. The number of ether oxygens (including phenoxy) is 1. The summed E-state index contributed by atoms with van der Waals surface area (Å²) in [5.74, 6) is -2.83. The summed E-state index contributed by atoms with van der Waals surface area (Å²) in [6.45, 7) is 0. The number of fused-ring (bicyclic) bond motifs is 1. The van der Waals surface area contributed by atoms with Gasteiger partial charge in [0.25, 0.3) is 0 Å². The molecule has 1 aromatic rings. The first-order chi connectivity index (χ1) is 9.97. The molecule has 1 aliphatic carbocycles. The lowest BCUT2D eigenvalue weighted by molar-refractivity contribution is -0.140. The smallest absolute Gasteiger partial charge is 0.337 e. The van der Waals surface area contributed by atoms with Crippen molar-refractivity contribution < 1.29 is 23.9 Å². The van der Waals surface area contributed by atoms with Crippen LogP contribution in [0, 0.1) is 17.8 Å². The number of amides is 2. The van der Waals surface area contributed by atoms with Gasteiger partial charge in [0, 0.05) is 18.5 Å². The van der Waals surface area contributed by atoms with Crippen molar-refractivity contribution in [1.82, 2.24) is 4.90 Å². The minimum absolute atomic E-state index is 0.226. The molecule has 1 unspecified atom stereocenters. The second-order valence-corrected chi connectivity index (χ2v) is 5.25. The van der Waals surface area contributed by atoms with E-state index in [-0.39, 0.29) is 17.6 Å². The molecule has 2 aliphatic rings. The second kappa shape index (κ2) is 4.51. The van der Waals surface area contributed by atoms with Crippen LogP contribution in [-0.2, 0) is 14.3 Å². The molecule has 0 bridgehead atoms. The molecule has 2 amide bonds. The van der Waals surface area contributed by atoms with Crippen LogP contribution in [-0.4, -0.2) is 42.6 Å². The van der Waals surface area contributed by atoms with Crippen LogP contribution in [0.5, 0.6) is 0 Å². The maximum Gasteiger partial charge on any atom is 0.337 e. The molecule has 3 rings (SSSR count). The molecule has 1 heterocycles. The molecule has 2 fully saturated rings. The standard InChI is InChI=1S/C15H13NO5/c1-16-13(18)10-9(11(10)14(16)19)12(17)7-3-5-8(6-4-7)15(20)21-2/h3-6,9-11H,1-2H3/t9?,10-,11+. The van der Waals surface area contributed by atoms with Crippen molar-refractivity contribution in [3.63, 3.8) is 0 Å². The van der Waals surface area contributed by atoms with Gasteiger partial charge in [-0.25, -0.2) is 4.79 Å². The fraction of sp³-hybridized carbons (Fsp3) is 0.333. The van der Waals surface area contributed by atoms with Gasteiger partial charge in [0.1, 0.15) is 0 Å². The number of hydrogen-bond donors (Lipinski definition) is 0. The number of benzene rings is 1. The van der Waals surface area contributed by atoms with Gasteiger partial charge < -0.3 is 4.74 Å². The Morgan fingerprint density at radius 2 is 1.48 bits per heavy atom. The Morgan fingerprint density at radius 1 is 1.00 bits per heavy atom. The van der Waals surface area contributed by atoms with Gasteiger partial charge in [-0.3, -0.25) is 19.3 Å². The zero-order valence-corrected chi connectivity index (χ0v) is 11.5. The summed E-state index contributed by atoms with van der Waals surface area (Å²) in [5, 5.41) is 0. The van der Waals surface area contributed by atoms with Crippen molar-refractivity contribution in [3.05, 3.63) is 35.4 Å². The molecule has 21 heavy (non-hydrogen) atoms. The quantitative estimate of drug-likeness (QED) is 0.460. The van der Waals surface area contributed by atoms with Crippen LogP contribution in [0.2, 0.25) is 0 Å². The van der Waals surface area contributed by atoms with Crippen LogP contribution >= 0.6 is 0 Å². The molecule has 3 atom stereocenters. The van der Waals surface area contributed by atoms with Crippen molar-refractivity contribution in [2.45, 2.75) is 0 Å². The first kappa shape index (κ1) is 13.5. The van der Waals surface area contributed by atoms with Crippen LogP contribution in [0.4, 0.5) is 0 Å². The van der Waals surface area contributed by atoms with Crippen molar-refractivity contribution in [1.29, 1.82) is 0 Å². The van der Waals surface area contributed by atoms with Crippen LogP contribution in [0.25, 0.3) is 0 Å². The third-order valence-electron chi connectivity index (χ3n) is 4.14. The van der Waals surface area contributed by atoms with Crippen LogP contribution in [0.15, 0.2) is 24.3 Å². The van der Waals surface area contributed by atoms with E-state index in [0.29, 0.717) is 11.1 Å². The highest BCUT2D eigenvalue weighted by atomic mass is 16.5. The molecule has 1 saturated carbocycles. The normalized spacial score (nSPS) is 26.6. The average molecular weight is 287 g/mol. The van der Waals surface area contributed by atoms with E-state index in [0.717, 1.165) is 4.90 Å². The highest BCUT2D eigenvalue weighted by molar-refractivity contribution is 6.17. The highest BCUT2D eigenvalue weighted by Crippen LogP contribution is 2.54. The monoisotopic (exact) mass is 287 g/mol. The molecule has 0 radical (unpaired) electrons. The molecule has 0 N–H and O–H groups in total. The van der Waals surface area contributed by atoms with E-state index in [1.807, 2.05) is 0 Å². The van der Waals surface area contributed by atoms with Crippen molar-refractivity contribution in [2.24, 2.45) is 17.8 Å². The Labute approximate surface area is 120 Å². The summed E-state index contributed by atoms with van der Waals surface area (Å²) in [5.41, 5.74) is 0.738. The Kier molecular flexibility index (Phi) is 2.90. The third kappa shape index (κ3) is 1.86. The Balaban J connectivity index is 1.78. The van der Waals surface area contributed by atoms with Gasteiger partial charge in [-0.15, -0.1) is 0 Å². The topological polar surface area (TPSA) is 80.8 Å². The van der Waals surface area contributed by atoms with Gasteiger partial charge in [0.2, 0.25) is 11.8 Å². The Hall–Kier alpha value is -2.50. The number of esters is 1. The molecule has 0 aromatic heterocycles. The fourth-order valence-electron chi connectivity index (χ4n) is 2.89. The van der Waals surface area contributed by atoms with Gasteiger partial charge in [-0.2, -0.15) is 0 Å². The van der Waals surface area contributed by atoms with E-state index in [1.54, 1.807) is 0 Å². The number of hydrogen-bond acceptors (Lipinski definition) is 5. The predicted octanol–water partition coefficient (Wildman–Crippen LogP) is 0.517. The maximum atomic E-state index is 12.3. The number of rotatable bonds is 3. The summed E-state index contributed by atoms with van der Waals surface area (Å²) in [4.78, 5) is 48.3. The molecule has 108 valence electrons. The molecular formula is C15H13NO5. The number of imide groups is 1. The SMILES string of the molecule is COC(=O)c1ccc(C(=O)C2[C@H]3C(=O)N(C)C(=O)[C@@H]23)cc1. The maximum absolute atomic E-state index is 12.3. The molecule has 1 aromatic carbocycles. The number of Topliss-reactive ketones (excluding diaryl/α,β-unsaturated/α-hetero) is 1. The number of likely N-dealkylation sites (tertiary alicyclic amines) is 1. The van der Waals surface area contributed by atoms with Crippen molar-refractivity contribution >= 4 is 23.6 Å². The lowest BCUT2D eigenvalue weighted by atomic mass is 10.0. The zero-order valence-electron chi connectivity index (χ0n) is 11.5. The van der Waals surface area contributed by atoms with Gasteiger partial charge in [0.05, 0.1) is 24.5 Å². The van der Waals surface area contributed by atoms with E-state index in [9.17, 15) is 19.2 Å². The molecule has 1 aliphatic heterocycles. The van der Waals surface area contributed by atoms with Crippen LogP contribution in [0.3, 0.4) is 0 Å². The summed E-state index contributed by atoms with van der Waals surface area (Å²) in [7, 11) is 2.71. The summed E-state index contributed by atoms with van der Waals surface area (Å²) >= 11 is 0. The van der Waals surface area contributed by atoms with E-state index >= 15 is 0 Å². The van der Waals surface area contributed by atoms with E-state index in [1.165, 1.54) is 38.4 Å². The minimum atomic E-state index is -0.551. The predicted molar refractivity (Wildman–Crippen MR) is 70.4 cm³/mol. The number of carbonyl (C=O) groups excluding carboxylic acids is 4. The lowest BCUT2D eigenvalue weighted by Gasteiger charge is -2.11. The first-order valence-corrected chi connectivity index (χ1v) is 6.51. The van der Waals surface area contributed by atoms with E-state index in [4.69, 9.17) is 0 Å². The molecular weight excluding hydrogens is 274 g/mol. The summed E-state index contributed by atoms with van der Waals surface area (Å²) in [6.07, 6.45) is 0. The molecule has 6 heteroatoms. The second-order valence-electron chi connectivity index (χ2n) is 5.25. The zero-order chi connectivity index (χ0) is 15.3. The number of carbonyl (C=O) groups is 4. The Morgan fingerprint density at radius 3 is 1.95 bits per heavy atom. The largest absolute Gasteiger partial charge is 0.465 e. The van der Waals surface area contributed by atoms with Gasteiger partial charge in [-0.1, -0.05) is 12.1 Å². The van der Waals surface area contributed by atoms with Gasteiger partial charge >= 0.3 is 5.97 Å². The summed E-state index contributed by atoms with van der Waals surface area (Å²) < 4.78 is 4.58. The van der Waals surface area contributed by atoms with Crippen LogP contribution in [0.1, 0.15) is 20.7 Å². The van der Waals surface area contributed by atoms with Crippen molar-refractivity contribution in [2.75, 3.05) is 14.2 Å². The lowest BCUT2D eigenvalue weighted by Crippen LogP contribution is -2.32. The fourth-order valence-corrected chi connectivity index (χ4v) is 2.89. The number of nitrogens with zero attached hydrogens (tertiary/aromatic N) is 1. The molecule has 1 saturated heterocycles. The first-order valence-electron chi connectivity index (χ1n) is 6.51. The van der Waals surface area contributed by atoms with E-state index in [2.05, 4.69) is 4.74 Å². The van der Waals surface area contributed by atoms with E-state index < -0.39 is 23.7 Å². The number of ketones is 1. The van der Waals surface area contributed by atoms with Gasteiger partial charge in [0.15, 0.2) is 5.78 Å². The highest BCUT2D eigenvalue weighted by Gasteiger charge is 2.69. The Bertz CT molecular complexity index is 641. The minimum Gasteiger partial charge on any atom is -0.465 e. The average Bonchev–Trinajstić information content (AvgIpc) is 3.21.